The molecule has 1 N–H and O–H groups in total. The smallest absolute Gasteiger partial charge is 0.269 e. The largest absolute Gasteiger partial charge is 0.378 e. The van der Waals surface area contributed by atoms with E-state index in [9.17, 15) is 10.1 Å². The van der Waals surface area contributed by atoms with Crippen LogP contribution < -0.4 is 5.32 Å². The lowest BCUT2D eigenvalue weighted by Gasteiger charge is -2.21. The van der Waals surface area contributed by atoms with Crippen LogP contribution in [-0.2, 0) is 0 Å². The van der Waals surface area contributed by atoms with Gasteiger partial charge in [-0.1, -0.05) is 30.3 Å². The summed E-state index contributed by atoms with van der Waals surface area (Å²) in [5.74, 6) is 0.655. The molecule has 0 spiro atoms. The van der Waals surface area contributed by atoms with Gasteiger partial charge in [0.15, 0.2) is 0 Å². The van der Waals surface area contributed by atoms with Gasteiger partial charge < -0.3 is 5.32 Å². The lowest BCUT2D eigenvalue weighted by Crippen LogP contribution is -2.13. The van der Waals surface area contributed by atoms with Crippen molar-refractivity contribution in [2.75, 3.05) is 5.32 Å². The number of anilines is 1. The molecule has 1 saturated carbocycles. The van der Waals surface area contributed by atoms with E-state index in [1.165, 1.54) is 18.4 Å². The van der Waals surface area contributed by atoms with Crippen LogP contribution in [-0.4, -0.2) is 4.92 Å². The molecule has 0 aliphatic heterocycles. The Morgan fingerprint density at radius 1 is 1.19 bits per heavy atom. The molecule has 1 aliphatic rings. The minimum absolute atomic E-state index is 0.140. The molecule has 4 heteroatoms. The van der Waals surface area contributed by atoms with Crippen LogP contribution in [0.3, 0.4) is 0 Å². The molecule has 0 bridgehead atoms. The summed E-state index contributed by atoms with van der Waals surface area (Å²) in [7, 11) is 0. The number of rotatable bonds is 5. The van der Waals surface area contributed by atoms with Crippen LogP contribution in [0.4, 0.5) is 11.4 Å². The minimum Gasteiger partial charge on any atom is -0.378 e. The molecule has 108 valence electrons. The van der Waals surface area contributed by atoms with Crippen LogP contribution in [0.15, 0.2) is 48.5 Å². The van der Waals surface area contributed by atoms with Crippen LogP contribution in [0.2, 0.25) is 0 Å². The number of nitro groups is 1. The van der Waals surface area contributed by atoms with Crippen LogP contribution in [0.1, 0.15) is 30.0 Å². The topological polar surface area (TPSA) is 55.2 Å². The van der Waals surface area contributed by atoms with E-state index in [1.807, 2.05) is 19.1 Å². The minimum atomic E-state index is -0.355. The van der Waals surface area contributed by atoms with Crippen LogP contribution >= 0.6 is 0 Å². The molecule has 1 aliphatic carbocycles. The van der Waals surface area contributed by atoms with Gasteiger partial charge in [-0.05, 0) is 42.9 Å². The quantitative estimate of drug-likeness (QED) is 0.650. The molecule has 0 heterocycles. The third kappa shape index (κ3) is 3.05. The van der Waals surface area contributed by atoms with Crippen LogP contribution in [0, 0.1) is 23.0 Å². The van der Waals surface area contributed by atoms with Crippen molar-refractivity contribution >= 4 is 11.4 Å². The maximum Gasteiger partial charge on any atom is 0.269 e. The lowest BCUT2D eigenvalue weighted by molar-refractivity contribution is -0.384. The molecule has 2 aromatic rings. The van der Waals surface area contributed by atoms with E-state index >= 15 is 0 Å². The molecule has 3 rings (SSSR count). The van der Waals surface area contributed by atoms with Crippen molar-refractivity contribution in [2.24, 2.45) is 5.92 Å². The van der Waals surface area contributed by atoms with Crippen molar-refractivity contribution < 1.29 is 4.92 Å². The number of hydrogen-bond acceptors (Lipinski definition) is 3. The predicted molar refractivity (Wildman–Crippen MR) is 83.4 cm³/mol. The van der Waals surface area contributed by atoms with Crippen molar-refractivity contribution in [2.45, 2.75) is 25.8 Å². The fourth-order valence-electron chi connectivity index (χ4n) is 2.65. The van der Waals surface area contributed by atoms with Gasteiger partial charge in [0.2, 0.25) is 0 Å². The third-order valence-corrected chi connectivity index (χ3v) is 3.98. The monoisotopic (exact) mass is 282 g/mol. The van der Waals surface area contributed by atoms with E-state index in [-0.39, 0.29) is 16.7 Å². The first-order valence-electron chi connectivity index (χ1n) is 7.21. The SMILES string of the molecule is Cc1cc([N+](=O)[O-])ccc1NC(c1ccccc1)C1CC1. The number of aryl methyl sites for hydroxylation is 1. The molecule has 1 atom stereocenters. The fourth-order valence-corrected chi connectivity index (χ4v) is 2.65. The molecule has 0 amide bonds. The van der Waals surface area contributed by atoms with E-state index in [4.69, 9.17) is 0 Å². The number of non-ortho nitro benzene ring substituents is 1. The Balaban J connectivity index is 1.85. The van der Waals surface area contributed by atoms with Gasteiger partial charge >= 0.3 is 0 Å². The summed E-state index contributed by atoms with van der Waals surface area (Å²) in [6.07, 6.45) is 2.47. The highest BCUT2D eigenvalue weighted by Crippen LogP contribution is 2.43. The normalized spacial score (nSPS) is 15.5. The Morgan fingerprint density at radius 3 is 2.48 bits per heavy atom. The van der Waals surface area contributed by atoms with Crippen molar-refractivity contribution in [1.29, 1.82) is 0 Å². The fraction of sp³-hybridized carbons (Fsp3) is 0.294. The summed E-state index contributed by atoms with van der Waals surface area (Å²) in [6.45, 7) is 1.91. The molecule has 21 heavy (non-hydrogen) atoms. The zero-order valence-corrected chi connectivity index (χ0v) is 12.0. The van der Waals surface area contributed by atoms with Gasteiger partial charge in [0, 0.05) is 17.8 Å². The van der Waals surface area contributed by atoms with Gasteiger partial charge in [0.25, 0.3) is 5.69 Å². The van der Waals surface area contributed by atoms with Crippen LogP contribution in [0.5, 0.6) is 0 Å². The summed E-state index contributed by atoms with van der Waals surface area (Å²) in [5, 5.41) is 14.4. The standard InChI is InChI=1S/C17H18N2O2/c1-12-11-15(19(20)21)9-10-16(12)18-17(14-7-8-14)13-5-3-2-4-6-13/h2-6,9-11,14,17-18H,7-8H2,1H3. The van der Waals surface area contributed by atoms with Gasteiger partial charge in [-0.15, -0.1) is 0 Å². The number of hydrogen-bond donors (Lipinski definition) is 1. The molecule has 2 aromatic carbocycles. The van der Waals surface area contributed by atoms with E-state index in [1.54, 1.807) is 12.1 Å². The first-order valence-corrected chi connectivity index (χ1v) is 7.21. The Kier molecular flexibility index (Phi) is 3.60. The second-order valence-corrected chi connectivity index (χ2v) is 5.63. The number of benzene rings is 2. The van der Waals surface area contributed by atoms with Crippen molar-refractivity contribution in [3.8, 4) is 0 Å². The Labute approximate surface area is 124 Å². The number of nitrogens with zero attached hydrogens (tertiary/aromatic N) is 1. The maximum atomic E-state index is 10.8. The Morgan fingerprint density at radius 2 is 1.90 bits per heavy atom. The van der Waals surface area contributed by atoms with Crippen LogP contribution in [0.25, 0.3) is 0 Å². The maximum absolute atomic E-state index is 10.8. The molecule has 0 aromatic heterocycles. The zero-order chi connectivity index (χ0) is 14.8. The summed E-state index contributed by atoms with van der Waals surface area (Å²) >= 11 is 0. The Hall–Kier alpha value is -2.36. The van der Waals surface area contributed by atoms with E-state index in [2.05, 4.69) is 29.6 Å². The predicted octanol–water partition coefficient (Wildman–Crippen LogP) is 4.47. The highest BCUT2D eigenvalue weighted by atomic mass is 16.6. The molecular weight excluding hydrogens is 264 g/mol. The third-order valence-electron chi connectivity index (χ3n) is 3.98. The average Bonchev–Trinajstić information content (AvgIpc) is 3.31. The van der Waals surface area contributed by atoms with Crippen molar-refractivity contribution in [3.63, 3.8) is 0 Å². The summed E-state index contributed by atoms with van der Waals surface area (Å²) in [6, 6.07) is 15.7. The van der Waals surface area contributed by atoms with Crippen molar-refractivity contribution in [1.82, 2.24) is 0 Å². The number of nitro benzene ring substituents is 1. The Bertz CT molecular complexity index is 651. The average molecular weight is 282 g/mol. The first kappa shape index (κ1) is 13.6. The molecule has 0 saturated heterocycles. The highest BCUT2D eigenvalue weighted by molar-refractivity contribution is 5.56. The van der Waals surface area contributed by atoms with E-state index in [0.717, 1.165) is 11.3 Å². The molecule has 4 nitrogen and oxygen atoms in total. The second kappa shape index (κ2) is 5.56. The van der Waals surface area contributed by atoms with Gasteiger partial charge in [-0.2, -0.15) is 0 Å². The molecule has 1 fully saturated rings. The molecule has 1 unspecified atom stereocenters. The number of nitrogens with one attached hydrogen (secondary N) is 1. The summed E-state index contributed by atoms with van der Waals surface area (Å²) < 4.78 is 0. The van der Waals surface area contributed by atoms with E-state index in [0.29, 0.717) is 5.92 Å². The second-order valence-electron chi connectivity index (χ2n) is 5.63. The van der Waals surface area contributed by atoms with Gasteiger partial charge in [-0.25, -0.2) is 0 Å². The molecule has 0 radical (unpaired) electrons. The van der Waals surface area contributed by atoms with E-state index < -0.39 is 0 Å². The summed E-state index contributed by atoms with van der Waals surface area (Å²) in [5.41, 5.74) is 3.30. The lowest BCUT2D eigenvalue weighted by atomic mass is 10.0. The van der Waals surface area contributed by atoms with Gasteiger partial charge in [0.05, 0.1) is 11.0 Å². The molecular formula is C17H18N2O2. The first-order chi connectivity index (χ1) is 10.1. The van der Waals surface area contributed by atoms with Gasteiger partial charge in [0.1, 0.15) is 0 Å². The van der Waals surface area contributed by atoms with Gasteiger partial charge in [-0.3, -0.25) is 10.1 Å². The highest BCUT2D eigenvalue weighted by Gasteiger charge is 2.32. The van der Waals surface area contributed by atoms with Crippen molar-refractivity contribution in [3.05, 3.63) is 69.8 Å². The zero-order valence-electron chi connectivity index (χ0n) is 12.0. The summed E-state index contributed by atoms with van der Waals surface area (Å²) in [4.78, 5) is 10.5.